The van der Waals surface area contributed by atoms with E-state index in [0.29, 0.717) is 25.2 Å². The Morgan fingerprint density at radius 2 is 2.07 bits per heavy atom. The molecule has 0 amide bonds. The number of carbonyl (C=O) groups excluding carboxylic acids is 1. The molecule has 0 radical (unpaired) electrons. The van der Waals surface area contributed by atoms with Crippen LogP contribution in [0.5, 0.6) is 5.75 Å². The van der Waals surface area contributed by atoms with Gasteiger partial charge in [-0.15, -0.1) is 0 Å². The smallest absolute Gasteiger partial charge is 0.305 e. The van der Waals surface area contributed by atoms with Crippen molar-refractivity contribution in [2.75, 3.05) is 0 Å². The molecule has 27 heavy (non-hydrogen) atoms. The molecule has 0 N–H and O–H groups in total. The Bertz CT molecular complexity index is 892. The van der Waals surface area contributed by atoms with Crippen molar-refractivity contribution in [1.29, 1.82) is 0 Å². The molecule has 140 valence electrons. The van der Waals surface area contributed by atoms with Crippen molar-refractivity contribution < 1.29 is 19.2 Å². The maximum Gasteiger partial charge on any atom is 0.305 e. The molecular formula is C21H21NO5. The first-order valence-corrected chi connectivity index (χ1v) is 9.19. The van der Waals surface area contributed by atoms with Crippen LogP contribution < -0.4 is 4.74 Å². The Morgan fingerprint density at radius 1 is 1.30 bits per heavy atom. The van der Waals surface area contributed by atoms with Crippen LogP contribution >= 0.6 is 0 Å². The topological polar surface area (TPSA) is 78.7 Å². The number of benzene rings is 2. The largest absolute Gasteiger partial charge is 0.452 e. The van der Waals surface area contributed by atoms with E-state index in [0.717, 1.165) is 35.3 Å². The van der Waals surface area contributed by atoms with Gasteiger partial charge in [-0.3, -0.25) is 14.9 Å². The minimum atomic E-state index is -0.868. The summed E-state index contributed by atoms with van der Waals surface area (Å²) < 4.78 is 11.9. The number of para-hydroxylation sites is 1. The van der Waals surface area contributed by atoms with Gasteiger partial charge in [0.25, 0.3) is 11.5 Å². The first-order chi connectivity index (χ1) is 13.0. The van der Waals surface area contributed by atoms with Gasteiger partial charge in [0.15, 0.2) is 0 Å². The lowest BCUT2D eigenvalue weighted by atomic mass is 9.77. The number of nitro groups is 1. The lowest BCUT2D eigenvalue weighted by molar-refractivity contribution is -0.384. The van der Waals surface area contributed by atoms with Crippen molar-refractivity contribution >= 4 is 11.7 Å². The molecule has 1 aliphatic carbocycles. The molecule has 6 heteroatoms. The maximum absolute atomic E-state index is 11.6. The Morgan fingerprint density at radius 3 is 2.78 bits per heavy atom. The highest BCUT2D eigenvalue weighted by atomic mass is 16.7. The molecule has 2 aromatic carbocycles. The number of nitro benzene ring substituents is 1. The lowest BCUT2D eigenvalue weighted by Crippen LogP contribution is -2.47. The van der Waals surface area contributed by atoms with Gasteiger partial charge in [-0.2, -0.15) is 0 Å². The molecule has 1 aliphatic heterocycles. The van der Waals surface area contributed by atoms with Crippen LogP contribution in [0, 0.1) is 10.1 Å². The predicted molar refractivity (Wildman–Crippen MR) is 98.7 cm³/mol. The molecule has 0 spiro atoms. The molecule has 1 saturated carbocycles. The van der Waals surface area contributed by atoms with E-state index >= 15 is 0 Å². The minimum absolute atomic E-state index is 0.0773. The number of non-ortho nitro benzene ring substituents is 1. The highest BCUT2D eigenvalue weighted by Gasteiger charge is 2.47. The van der Waals surface area contributed by atoms with E-state index in [1.165, 1.54) is 19.1 Å². The number of rotatable bonds is 4. The monoisotopic (exact) mass is 367 g/mol. The van der Waals surface area contributed by atoms with Gasteiger partial charge in [-0.1, -0.05) is 30.3 Å². The number of hydrogen-bond donors (Lipinski definition) is 0. The standard InChI is InChI=1S/C21H21NO5/c1-14(23)26-21-11-3-5-17(13-21)19-6-2-4-16(20(19)27-21)12-15-7-9-18(10-8-15)22(24)25/h2,4,6-10,17H,3,5,11-13H2,1H3. The van der Waals surface area contributed by atoms with Crippen LogP contribution in [0.25, 0.3) is 0 Å². The molecule has 1 heterocycles. The molecule has 1 fully saturated rings. The number of carbonyl (C=O) groups is 1. The summed E-state index contributed by atoms with van der Waals surface area (Å²) in [5.74, 6) is -0.0773. The second kappa shape index (κ2) is 6.68. The van der Waals surface area contributed by atoms with Gasteiger partial charge < -0.3 is 9.47 Å². The van der Waals surface area contributed by atoms with Gasteiger partial charge in [0.1, 0.15) is 5.75 Å². The maximum atomic E-state index is 11.6. The molecule has 2 aliphatic rings. The Labute approximate surface area is 157 Å². The summed E-state index contributed by atoms with van der Waals surface area (Å²) in [5.41, 5.74) is 3.21. The van der Waals surface area contributed by atoms with Gasteiger partial charge >= 0.3 is 5.97 Å². The number of nitrogens with zero attached hydrogens (tertiary/aromatic N) is 1. The average Bonchev–Trinajstić information content (AvgIpc) is 2.62. The Balaban J connectivity index is 1.67. The van der Waals surface area contributed by atoms with Crippen LogP contribution in [0.4, 0.5) is 5.69 Å². The lowest BCUT2D eigenvalue weighted by Gasteiger charge is -2.45. The molecule has 2 bridgehead atoms. The van der Waals surface area contributed by atoms with E-state index in [1.807, 2.05) is 12.1 Å². The van der Waals surface area contributed by atoms with Crippen LogP contribution in [-0.4, -0.2) is 16.7 Å². The highest BCUT2D eigenvalue weighted by Crippen LogP contribution is 2.50. The summed E-state index contributed by atoms with van der Waals surface area (Å²) >= 11 is 0. The second-order valence-corrected chi connectivity index (χ2v) is 7.34. The average molecular weight is 367 g/mol. The summed E-state index contributed by atoms with van der Waals surface area (Å²) in [4.78, 5) is 22.1. The Kier molecular flexibility index (Phi) is 4.34. The van der Waals surface area contributed by atoms with Crippen LogP contribution in [-0.2, 0) is 16.0 Å². The number of esters is 1. The van der Waals surface area contributed by atoms with Crippen molar-refractivity contribution in [3.63, 3.8) is 0 Å². The van der Waals surface area contributed by atoms with Crippen molar-refractivity contribution in [3.05, 3.63) is 69.3 Å². The molecule has 2 aromatic rings. The molecular weight excluding hydrogens is 346 g/mol. The van der Waals surface area contributed by atoms with Gasteiger partial charge in [-0.25, -0.2) is 0 Å². The van der Waals surface area contributed by atoms with Gasteiger partial charge in [-0.05, 0) is 35.4 Å². The van der Waals surface area contributed by atoms with Crippen molar-refractivity contribution in [3.8, 4) is 5.75 Å². The number of fused-ring (bicyclic) bond motifs is 4. The zero-order valence-electron chi connectivity index (χ0n) is 15.1. The van der Waals surface area contributed by atoms with Crippen molar-refractivity contribution in [2.45, 2.75) is 50.7 Å². The predicted octanol–water partition coefficient (Wildman–Crippen LogP) is 4.50. The first-order valence-electron chi connectivity index (χ1n) is 9.19. The third-order valence-corrected chi connectivity index (χ3v) is 5.39. The van der Waals surface area contributed by atoms with Crippen LogP contribution in [0.3, 0.4) is 0 Å². The van der Waals surface area contributed by atoms with Crippen molar-refractivity contribution in [2.24, 2.45) is 0 Å². The van der Waals surface area contributed by atoms with E-state index in [1.54, 1.807) is 12.1 Å². The summed E-state index contributed by atoms with van der Waals surface area (Å²) in [7, 11) is 0. The Hall–Kier alpha value is -2.89. The fraction of sp³-hybridized carbons (Fsp3) is 0.381. The van der Waals surface area contributed by atoms with Crippen LogP contribution in [0.1, 0.15) is 55.2 Å². The first kappa shape index (κ1) is 17.5. The SMILES string of the molecule is CC(=O)OC12CCCC(C1)c1cccc(Cc3ccc([N+](=O)[O-])cc3)c1O2. The van der Waals surface area contributed by atoms with E-state index in [2.05, 4.69) is 6.07 Å². The van der Waals surface area contributed by atoms with Gasteiger partial charge in [0.05, 0.1) is 4.92 Å². The van der Waals surface area contributed by atoms with Gasteiger partial charge in [0.2, 0.25) is 0 Å². The third-order valence-electron chi connectivity index (χ3n) is 5.39. The fourth-order valence-electron chi connectivity index (χ4n) is 4.26. The van der Waals surface area contributed by atoms with E-state index in [9.17, 15) is 14.9 Å². The van der Waals surface area contributed by atoms with E-state index in [4.69, 9.17) is 9.47 Å². The fourth-order valence-corrected chi connectivity index (χ4v) is 4.26. The normalized spacial score (nSPS) is 23.1. The number of hydrogen-bond acceptors (Lipinski definition) is 5. The second-order valence-electron chi connectivity index (χ2n) is 7.34. The summed E-state index contributed by atoms with van der Waals surface area (Å²) in [6.45, 7) is 1.42. The summed E-state index contributed by atoms with van der Waals surface area (Å²) in [6.07, 6.45) is 4.02. The highest BCUT2D eigenvalue weighted by molar-refractivity contribution is 5.66. The summed E-state index contributed by atoms with van der Waals surface area (Å²) in [6, 6.07) is 12.7. The zero-order valence-corrected chi connectivity index (χ0v) is 15.1. The molecule has 2 atom stereocenters. The summed E-state index contributed by atoms with van der Waals surface area (Å²) in [5, 5.41) is 10.8. The molecule has 2 unspecified atom stereocenters. The molecule has 0 aromatic heterocycles. The molecule has 0 saturated heterocycles. The van der Waals surface area contributed by atoms with Crippen molar-refractivity contribution in [1.82, 2.24) is 0 Å². The minimum Gasteiger partial charge on any atom is -0.452 e. The van der Waals surface area contributed by atoms with E-state index < -0.39 is 10.7 Å². The molecule has 4 rings (SSSR count). The van der Waals surface area contributed by atoms with Gasteiger partial charge in [0, 0.05) is 38.3 Å². The van der Waals surface area contributed by atoms with Crippen LogP contribution in [0.2, 0.25) is 0 Å². The quantitative estimate of drug-likeness (QED) is 0.452. The van der Waals surface area contributed by atoms with Crippen LogP contribution in [0.15, 0.2) is 42.5 Å². The zero-order chi connectivity index (χ0) is 19.0. The number of ether oxygens (including phenoxy) is 2. The molecule has 6 nitrogen and oxygen atoms in total. The van der Waals surface area contributed by atoms with E-state index in [-0.39, 0.29) is 11.7 Å². The third kappa shape index (κ3) is 3.39.